The fourth-order valence-electron chi connectivity index (χ4n) is 1.56. The smallest absolute Gasteiger partial charge is 0.0917 e. The fourth-order valence-corrected chi connectivity index (χ4v) is 2.57. The van der Waals surface area contributed by atoms with Crippen molar-refractivity contribution in [2.45, 2.75) is 25.9 Å². The minimum Gasteiger partial charge on any atom is -0.373 e. The Bertz CT molecular complexity index is 308. The van der Waals surface area contributed by atoms with Crippen LogP contribution in [0.5, 0.6) is 0 Å². The average molecular weight is 194 g/mol. The zero-order valence-electron chi connectivity index (χ0n) is 7.88. The van der Waals surface area contributed by atoms with Gasteiger partial charge < -0.3 is 4.74 Å². The number of allylic oxidation sites excluding steroid dienone is 1. The van der Waals surface area contributed by atoms with Gasteiger partial charge in [0.05, 0.1) is 6.10 Å². The molecule has 2 heteroatoms. The molecule has 1 fully saturated rings. The summed E-state index contributed by atoms with van der Waals surface area (Å²) in [5.41, 5.74) is 1.15. The van der Waals surface area contributed by atoms with Crippen LogP contribution in [0.15, 0.2) is 18.7 Å². The monoisotopic (exact) mass is 194 g/mol. The zero-order valence-corrected chi connectivity index (χ0v) is 8.69. The van der Waals surface area contributed by atoms with Gasteiger partial charge in [0.1, 0.15) is 0 Å². The summed E-state index contributed by atoms with van der Waals surface area (Å²) < 4.78 is 5.61. The largest absolute Gasteiger partial charge is 0.373 e. The van der Waals surface area contributed by atoms with Crippen molar-refractivity contribution in [3.05, 3.63) is 28.5 Å². The Hall–Kier alpha value is -0.600. The lowest BCUT2D eigenvalue weighted by Gasteiger charge is -2.04. The van der Waals surface area contributed by atoms with E-state index in [1.54, 1.807) is 0 Å². The number of hydrogen-bond acceptors (Lipinski definition) is 2. The standard InChI is InChI=1S/C11H14OS/c1-8(2)10-5-6-11(13-10)9-4-3-7-12-9/h5-6,9H,1,3-4,7H2,2H3. The van der Waals surface area contributed by atoms with Crippen LogP contribution < -0.4 is 0 Å². The van der Waals surface area contributed by atoms with E-state index in [1.807, 2.05) is 18.3 Å². The van der Waals surface area contributed by atoms with Gasteiger partial charge in [-0.15, -0.1) is 11.3 Å². The van der Waals surface area contributed by atoms with Gasteiger partial charge in [-0.2, -0.15) is 0 Å². The summed E-state index contributed by atoms with van der Waals surface area (Å²) in [6.07, 6.45) is 2.74. The highest BCUT2D eigenvalue weighted by atomic mass is 32.1. The van der Waals surface area contributed by atoms with Gasteiger partial charge in [-0.3, -0.25) is 0 Å². The van der Waals surface area contributed by atoms with E-state index in [0.29, 0.717) is 6.10 Å². The molecule has 2 rings (SSSR count). The van der Waals surface area contributed by atoms with E-state index in [0.717, 1.165) is 12.2 Å². The summed E-state index contributed by atoms with van der Waals surface area (Å²) in [4.78, 5) is 2.64. The Kier molecular flexibility index (Phi) is 2.51. The maximum atomic E-state index is 5.61. The predicted octanol–water partition coefficient (Wildman–Crippen LogP) is 3.63. The van der Waals surface area contributed by atoms with E-state index in [1.165, 1.54) is 22.6 Å². The quantitative estimate of drug-likeness (QED) is 0.698. The highest BCUT2D eigenvalue weighted by molar-refractivity contribution is 7.13. The van der Waals surface area contributed by atoms with E-state index in [4.69, 9.17) is 4.74 Å². The lowest BCUT2D eigenvalue weighted by atomic mass is 10.2. The molecule has 0 spiro atoms. The molecule has 0 radical (unpaired) electrons. The van der Waals surface area contributed by atoms with E-state index >= 15 is 0 Å². The van der Waals surface area contributed by atoms with Crippen molar-refractivity contribution in [3.8, 4) is 0 Å². The molecule has 0 amide bonds. The minimum atomic E-state index is 0.359. The Labute approximate surface area is 83.0 Å². The first kappa shape index (κ1) is 8.97. The number of rotatable bonds is 2. The minimum absolute atomic E-state index is 0.359. The summed E-state index contributed by atoms with van der Waals surface area (Å²) >= 11 is 1.81. The normalized spacial score (nSPS) is 22.1. The molecule has 1 unspecified atom stereocenters. The molecule has 1 nitrogen and oxygen atoms in total. The molecule has 1 aromatic heterocycles. The third-order valence-corrected chi connectivity index (χ3v) is 3.63. The van der Waals surface area contributed by atoms with Gasteiger partial charge in [0, 0.05) is 16.4 Å². The van der Waals surface area contributed by atoms with E-state index in [9.17, 15) is 0 Å². The molecule has 0 aromatic carbocycles. The first-order valence-corrected chi connectivity index (χ1v) is 5.46. The highest BCUT2D eigenvalue weighted by Crippen LogP contribution is 2.34. The third kappa shape index (κ3) is 1.84. The van der Waals surface area contributed by atoms with Crippen LogP contribution in [-0.2, 0) is 4.74 Å². The maximum absolute atomic E-state index is 5.61. The molecular weight excluding hydrogens is 180 g/mol. The van der Waals surface area contributed by atoms with Crippen molar-refractivity contribution in [2.24, 2.45) is 0 Å². The second-order valence-corrected chi connectivity index (χ2v) is 4.60. The summed E-state index contributed by atoms with van der Waals surface area (Å²) in [6.45, 7) is 6.90. The third-order valence-electron chi connectivity index (χ3n) is 2.29. The first-order chi connectivity index (χ1) is 6.27. The van der Waals surface area contributed by atoms with Gasteiger partial charge >= 0.3 is 0 Å². The van der Waals surface area contributed by atoms with Gasteiger partial charge in [0.25, 0.3) is 0 Å². The Balaban J connectivity index is 2.16. The number of thiophene rings is 1. The molecule has 2 heterocycles. The summed E-state index contributed by atoms with van der Waals surface area (Å²) in [7, 11) is 0. The number of ether oxygens (including phenoxy) is 1. The van der Waals surface area contributed by atoms with Crippen molar-refractivity contribution in [3.63, 3.8) is 0 Å². The van der Waals surface area contributed by atoms with Crippen LogP contribution in [0.2, 0.25) is 0 Å². The van der Waals surface area contributed by atoms with Crippen LogP contribution in [0.1, 0.15) is 35.6 Å². The van der Waals surface area contributed by atoms with Crippen molar-refractivity contribution >= 4 is 16.9 Å². The number of hydrogen-bond donors (Lipinski definition) is 0. The van der Waals surface area contributed by atoms with Gasteiger partial charge in [0.2, 0.25) is 0 Å². The molecular formula is C11H14OS. The molecule has 0 N–H and O–H groups in total. The Morgan fingerprint density at radius 1 is 1.62 bits per heavy atom. The lowest BCUT2D eigenvalue weighted by Crippen LogP contribution is -1.90. The highest BCUT2D eigenvalue weighted by Gasteiger charge is 2.19. The van der Waals surface area contributed by atoms with Crippen LogP contribution in [-0.4, -0.2) is 6.61 Å². The van der Waals surface area contributed by atoms with E-state index in [2.05, 4.69) is 18.7 Å². The lowest BCUT2D eigenvalue weighted by molar-refractivity contribution is 0.114. The van der Waals surface area contributed by atoms with Crippen LogP contribution in [0.3, 0.4) is 0 Å². The van der Waals surface area contributed by atoms with E-state index in [-0.39, 0.29) is 0 Å². The summed E-state index contributed by atoms with van der Waals surface area (Å²) in [6, 6.07) is 4.31. The Morgan fingerprint density at radius 3 is 3.00 bits per heavy atom. The molecule has 70 valence electrons. The van der Waals surface area contributed by atoms with Gasteiger partial charge in [0.15, 0.2) is 0 Å². The molecule has 13 heavy (non-hydrogen) atoms. The molecule has 1 aliphatic heterocycles. The maximum Gasteiger partial charge on any atom is 0.0917 e. The van der Waals surface area contributed by atoms with Crippen LogP contribution in [0, 0.1) is 0 Å². The topological polar surface area (TPSA) is 9.23 Å². The zero-order chi connectivity index (χ0) is 9.26. The van der Waals surface area contributed by atoms with Crippen molar-refractivity contribution in [2.75, 3.05) is 6.61 Å². The molecule has 0 bridgehead atoms. The molecule has 0 saturated carbocycles. The first-order valence-electron chi connectivity index (χ1n) is 4.64. The second-order valence-electron chi connectivity index (χ2n) is 3.48. The van der Waals surface area contributed by atoms with Crippen molar-refractivity contribution in [1.82, 2.24) is 0 Å². The molecule has 1 aliphatic rings. The van der Waals surface area contributed by atoms with Crippen molar-refractivity contribution < 1.29 is 4.74 Å². The molecule has 1 saturated heterocycles. The van der Waals surface area contributed by atoms with Gasteiger partial charge in [-0.25, -0.2) is 0 Å². The average Bonchev–Trinajstić information content (AvgIpc) is 2.75. The van der Waals surface area contributed by atoms with Gasteiger partial charge in [-0.05, 0) is 37.5 Å². The Morgan fingerprint density at radius 2 is 2.46 bits per heavy atom. The van der Waals surface area contributed by atoms with Crippen LogP contribution >= 0.6 is 11.3 Å². The van der Waals surface area contributed by atoms with Crippen LogP contribution in [0.4, 0.5) is 0 Å². The molecule has 1 aromatic rings. The SMILES string of the molecule is C=C(C)c1ccc(C2CCCO2)s1. The van der Waals surface area contributed by atoms with Crippen molar-refractivity contribution in [1.29, 1.82) is 0 Å². The van der Waals surface area contributed by atoms with Crippen LogP contribution in [0.25, 0.3) is 5.57 Å². The summed E-state index contributed by atoms with van der Waals surface area (Å²) in [5.74, 6) is 0. The summed E-state index contributed by atoms with van der Waals surface area (Å²) in [5, 5.41) is 0. The second kappa shape index (κ2) is 3.64. The fraction of sp³-hybridized carbons (Fsp3) is 0.455. The molecule has 0 aliphatic carbocycles. The van der Waals surface area contributed by atoms with Gasteiger partial charge in [-0.1, -0.05) is 6.58 Å². The van der Waals surface area contributed by atoms with E-state index < -0.39 is 0 Å². The predicted molar refractivity (Wildman–Crippen MR) is 57.0 cm³/mol. The molecule has 1 atom stereocenters.